The number of carbonyl (C=O) groups excluding carboxylic acids is 3. The van der Waals surface area contributed by atoms with Crippen molar-refractivity contribution in [2.24, 2.45) is 0 Å². The Morgan fingerprint density at radius 3 is 0.969 bits per heavy atom. The smallest absolute Gasteiger partial charge is 0.306 e. The molecule has 6 heteroatoms. The third kappa shape index (κ3) is 49.6. The van der Waals surface area contributed by atoms with E-state index in [1.165, 1.54) is 109 Å². The van der Waals surface area contributed by atoms with E-state index in [4.69, 9.17) is 14.2 Å². The maximum atomic E-state index is 12.8. The van der Waals surface area contributed by atoms with E-state index in [1.54, 1.807) is 0 Å². The summed E-state index contributed by atoms with van der Waals surface area (Å²) in [4.78, 5) is 38.0. The van der Waals surface area contributed by atoms with Crippen LogP contribution in [-0.2, 0) is 28.6 Å². The van der Waals surface area contributed by atoms with E-state index in [1.807, 2.05) is 6.08 Å². The van der Waals surface area contributed by atoms with Crippen LogP contribution < -0.4 is 0 Å². The predicted molar refractivity (Wildman–Crippen MR) is 274 cm³/mol. The summed E-state index contributed by atoms with van der Waals surface area (Å²) < 4.78 is 16.7. The number of esters is 3. The van der Waals surface area contributed by atoms with Crippen LogP contribution in [-0.4, -0.2) is 37.2 Å². The molecule has 1 atom stereocenters. The van der Waals surface area contributed by atoms with Crippen molar-refractivity contribution in [3.8, 4) is 0 Å². The Balaban J connectivity index is 4.52. The quantitative estimate of drug-likeness (QED) is 0.0262. The molecule has 0 aromatic heterocycles. The van der Waals surface area contributed by atoms with Gasteiger partial charge in [0.25, 0.3) is 0 Å². The van der Waals surface area contributed by atoms with Crippen molar-refractivity contribution in [2.45, 2.75) is 252 Å². The van der Waals surface area contributed by atoms with Crippen molar-refractivity contribution in [2.75, 3.05) is 13.2 Å². The SMILES string of the molecule is CCCCC/C=C\C/C=C\C/C=C\C/C=C\C/C=C\CCC(=O)O[C@H](COC(=O)CCCCCCC/C=C\C/C=C\CCCCC)COC(=O)CCCCCCCCCCCCCC. The summed E-state index contributed by atoms with van der Waals surface area (Å²) in [5, 5.41) is 0. The highest BCUT2D eigenvalue weighted by Gasteiger charge is 2.19. The van der Waals surface area contributed by atoms with Gasteiger partial charge in [0, 0.05) is 19.3 Å². The van der Waals surface area contributed by atoms with Crippen molar-refractivity contribution < 1.29 is 28.6 Å². The Kier molecular flexibility index (Phi) is 49.4. The Morgan fingerprint density at radius 2 is 0.594 bits per heavy atom. The normalized spacial score (nSPS) is 12.7. The second-order valence-corrected chi connectivity index (χ2v) is 17.4. The lowest BCUT2D eigenvalue weighted by molar-refractivity contribution is -0.166. The van der Waals surface area contributed by atoms with Gasteiger partial charge in [-0.15, -0.1) is 0 Å². The largest absolute Gasteiger partial charge is 0.462 e. The van der Waals surface area contributed by atoms with E-state index in [9.17, 15) is 14.4 Å². The molecule has 0 fully saturated rings. The summed E-state index contributed by atoms with van der Waals surface area (Å²) in [7, 11) is 0. The van der Waals surface area contributed by atoms with Gasteiger partial charge in [-0.2, -0.15) is 0 Å². The van der Waals surface area contributed by atoms with E-state index in [-0.39, 0.29) is 31.6 Å². The highest BCUT2D eigenvalue weighted by molar-refractivity contribution is 5.71. The van der Waals surface area contributed by atoms with Gasteiger partial charge >= 0.3 is 17.9 Å². The molecule has 0 radical (unpaired) electrons. The van der Waals surface area contributed by atoms with Gasteiger partial charge in [0.1, 0.15) is 13.2 Å². The zero-order chi connectivity index (χ0) is 46.5. The topological polar surface area (TPSA) is 78.9 Å². The maximum absolute atomic E-state index is 12.8. The van der Waals surface area contributed by atoms with E-state index in [2.05, 4.69) is 99.8 Å². The molecule has 0 aliphatic rings. The molecule has 366 valence electrons. The molecule has 0 N–H and O–H groups in total. The summed E-state index contributed by atoms with van der Waals surface area (Å²) in [6.07, 6.45) is 67.2. The summed E-state index contributed by atoms with van der Waals surface area (Å²) in [6.45, 7) is 6.51. The number of hydrogen-bond acceptors (Lipinski definition) is 6. The lowest BCUT2D eigenvalue weighted by Crippen LogP contribution is -2.30. The molecule has 0 saturated heterocycles. The van der Waals surface area contributed by atoms with Crippen molar-refractivity contribution >= 4 is 17.9 Å². The number of allylic oxidation sites excluding steroid dienone is 14. The van der Waals surface area contributed by atoms with Crippen LogP contribution in [0.2, 0.25) is 0 Å². The molecule has 0 aliphatic carbocycles. The van der Waals surface area contributed by atoms with Crippen molar-refractivity contribution in [3.63, 3.8) is 0 Å². The Labute approximate surface area is 395 Å². The number of hydrogen-bond donors (Lipinski definition) is 0. The van der Waals surface area contributed by atoms with Crippen LogP contribution in [0.3, 0.4) is 0 Å². The second kappa shape index (κ2) is 52.2. The molecule has 0 heterocycles. The van der Waals surface area contributed by atoms with Crippen LogP contribution in [0.4, 0.5) is 0 Å². The van der Waals surface area contributed by atoms with Crippen LogP contribution in [0, 0.1) is 0 Å². The molecule has 0 saturated carbocycles. The molecule has 0 aromatic rings. The van der Waals surface area contributed by atoms with Gasteiger partial charge in [0.2, 0.25) is 0 Å². The summed E-state index contributed by atoms with van der Waals surface area (Å²) in [5.74, 6) is -1.01. The first-order chi connectivity index (χ1) is 31.5. The molecule has 0 unspecified atom stereocenters. The average Bonchev–Trinajstić information content (AvgIpc) is 3.29. The van der Waals surface area contributed by atoms with Gasteiger partial charge in [-0.1, -0.05) is 221 Å². The predicted octanol–water partition coefficient (Wildman–Crippen LogP) is 17.6. The molecule has 0 spiro atoms. The van der Waals surface area contributed by atoms with Crippen LogP contribution in [0.25, 0.3) is 0 Å². The van der Waals surface area contributed by atoms with Gasteiger partial charge < -0.3 is 14.2 Å². The highest BCUT2D eigenvalue weighted by atomic mass is 16.6. The van der Waals surface area contributed by atoms with Crippen LogP contribution in [0.1, 0.15) is 245 Å². The Morgan fingerprint density at radius 1 is 0.312 bits per heavy atom. The fraction of sp³-hybridized carbons (Fsp3) is 0.707. The molecule has 0 bridgehead atoms. The lowest BCUT2D eigenvalue weighted by atomic mass is 10.0. The van der Waals surface area contributed by atoms with Gasteiger partial charge in [0.05, 0.1) is 0 Å². The number of carbonyl (C=O) groups is 3. The zero-order valence-electron chi connectivity index (χ0n) is 41.8. The second-order valence-electron chi connectivity index (χ2n) is 17.4. The maximum Gasteiger partial charge on any atom is 0.306 e. The van der Waals surface area contributed by atoms with E-state index in [0.717, 1.165) is 89.9 Å². The number of ether oxygens (including phenoxy) is 3. The minimum absolute atomic E-state index is 0.109. The fourth-order valence-electron chi connectivity index (χ4n) is 7.10. The standard InChI is InChI=1S/C58H98O6/c1-4-7-10-13-16-19-22-25-27-28-29-30-32-34-37-40-43-46-49-52-58(61)64-55(53-62-56(59)50-47-44-41-38-35-24-21-18-15-12-9-6-3)54-63-57(60)51-48-45-42-39-36-33-31-26-23-20-17-14-11-8-5-2/h16-17,19-20,25-27,29-31,34,37,43,46,55H,4-15,18,21-24,28,32-33,35-36,38-42,44-45,47-54H2,1-3H3/b19-16-,20-17-,27-25-,30-29-,31-26-,37-34-,46-43-/t55-/m0/s1. The fourth-order valence-corrected chi connectivity index (χ4v) is 7.10. The molecule has 0 rings (SSSR count). The van der Waals surface area contributed by atoms with E-state index < -0.39 is 12.1 Å². The average molecular weight is 891 g/mol. The molecular formula is C58H98O6. The minimum atomic E-state index is -0.820. The number of unbranched alkanes of at least 4 members (excludes halogenated alkanes) is 22. The Bertz CT molecular complexity index is 1250. The third-order valence-corrected chi connectivity index (χ3v) is 11.1. The van der Waals surface area contributed by atoms with Crippen molar-refractivity contribution in [1.29, 1.82) is 0 Å². The van der Waals surface area contributed by atoms with Crippen molar-refractivity contribution in [3.05, 3.63) is 85.1 Å². The van der Waals surface area contributed by atoms with E-state index >= 15 is 0 Å². The molecule has 0 amide bonds. The van der Waals surface area contributed by atoms with Gasteiger partial charge in [-0.05, 0) is 89.9 Å². The number of rotatable bonds is 47. The van der Waals surface area contributed by atoms with Crippen LogP contribution in [0.5, 0.6) is 0 Å². The minimum Gasteiger partial charge on any atom is -0.462 e. The summed E-state index contributed by atoms with van der Waals surface area (Å²) in [6, 6.07) is 0. The highest BCUT2D eigenvalue weighted by Crippen LogP contribution is 2.14. The first-order valence-corrected chi connectivity index (χ1v) is 26.6. The lowest BCUT2D eigenvalue weighted by Gasteiger charge is -2.18. The third-order valence-electron chi connectivity index (χ3n) is 11.1. The zero-order valence-corrected chi connectivity index (χ0v) is 41.8. The van der Waals surface area contributed by atoms with Gasteiger partial charge in [-0.25, -0.2) is 0 Å². The van der Waals surface area contributed by atoms with Crippen LogP contribution in [0.15, 0.2) is 85.1 Å². The van der Waals surface area contributed by atoms with Crippen LogP contribution >= 0.6 is 0 Å². The van der Waals surface area contributed by atoms with Crippen molar-refractivity contribution in [1.82, 2.24) is 0 Å². The molecule has 0 aliphatic heterocycles. The van der Waals surface area contributed by atoms with Gasteiger partial charge in [-0.3, -0.25) is 14.4 Å². The Hall–Kier alpha value is -3.41. The summed E-state index contributed by atoms with van der Waals surface area (Å²) >= 11 is 0. The molecular weight excluding hydrogens is 793 g/mol. The monoisotopic (exact) mass is 891 g/mol. The van der Waals surface area contributed by atoms with Gasteiger partial charge in [0.15, 0.2) is 6.10 Å². The summed E-state index contributed by atoms with van der Waals surface area (Å²) in [5.41, 5.74) is 0. The first-order valence-electron chi connectivity index (χ1n) is 26.6. The molecule has 64 heavy (non-hydrogen) atoms. The van der Waals surface area contributed by atoms with E-state index in [0.29, 0.717) is 19.3 Å². The molecule has 6 nitrogen and oxygen atoms in total. The first kappa shape index (κ1) is 60.6. The molecule has 0 aromatic carbocycles.